The molecule has 0 saturated carbocycles. The molecule has 0 N–H and O–H groups in total. The maximum absolute atomic E-state index is 12.3. The highest BCUT2D eigenvalue weighted by Gasteiger charge is 2.49. The smallest absolute Gasteiger partial charge is 0.229 e. The molecule has 110 valence electrons. The number of thiazole rings is 1. The van der Waals surface area contributed by atoms with Gasteiger partial charge in [-0.1, -0.05) is 0 Å². The highest BCUT2D eigenvalue weighted by atomic mass is 32.1. The number of amides is 1. The van der Waals surface area contributed by atoms with Gasteiger partial charge in [-0.25, -0.2) is 4.98 Å². The molecule has 1 aromatic rings. The van der Waals surface area contributed by atoms with Crippen LogP contribution in [0.4, 0.5) is 0 Å². The van der Waals surface area contributed by atoms with E-state index in [-0.39, 0.29) is 17.9 Å². The minimum Gasteiger partial charge on any atom is -0.376 e. The Morgan fingerprint density at radius 1 is 1.60 bits per heavy atom. The number of hydrogen-bond acceptors (Lipinski definition) is 5. The fourth-order valence-corrected chi connectivity index (χ4v) is 4.06. The molecule has 0 unspecified atom stereocenters. The molecule has 0 aromatic carbocycles. The molecule has 0 aliphatic carbocycles. The Morgan fingerprint density at radius 2 is 2.40 bits per heavy atom. The normalized spacial score (nSPS) is 29.6. The van der Waals surface area contributed by atoms with Crippen LogP contribution in [0.15, 0.2) is 5.51 Å². The van der Waals surface area contributed by atoms with Crippen molar-refractivity contribution in [2.45, 2.75) is 32.0 Å². The summed E-state index contributed by atoms with van der Waals surface area (Å²) in [5, 5.41) is 0. The topological polar surface area (TPSA) is 45.7 Å². The van der Waals surface area contributed by atoms with E-state index >= 15 is 0 Å². The highest BCUT2D eigenvalue weighted by molar-refractivity contribution is 7.09. The second-order valence-electron chi connectivity index (χ2n) is 5.82. The molecule has 2 aliphatic heterocycles. The summed E-state index contributed by atoms with van der Waals surface area (Å²) in [7, 11) is 3.64. The molecule has 2 fully saturated rings. The van der Waals surface area contributed by atoms with E-state index in [0.29, 0.717) is 6.04 Å². The van der Waals surface area contributed by atoms with Crippen LogP contribution in [0, 0.1) is 12.8 Å². The van der Waals surface area contributed by atoms with Crippen molar-refractivity contribution in [1.29, 1.82) is 0 Å². The second kappa shape index (κ2) is 5.42. The minimum atomic E-state index is -0.0225. The number of aryl methyl sites for hydroxylation is 1. The van der Waals surface area contributed by atoms with E-state index in [9.17, 15) is 4.79 Å². The molecule has 3 heterocycles. The zero-order chi connectivity index (χ0) is 14.3. The quantitative estimate of drug-likeness (QED) is 0.838. The predicted octanol–water partition coefficient (Wildman–Crippen LogP) is 1.13. The number of ether oxygens (including phenoxy) is 1. The van der Waals surface area contributed by atoms with Gasteiger partial charge in [-0.05, 0) is 13.3 Å². The van der Waals surface area contributed by atoms with Crippen LogP contribution in [0.1, 0.15) is 17.0 Å². The van der Waals surface area contributed by atoms with Crippen molar-refractivity contribution in [2.75, 3.05) is 27.2 Å². The third-order valence-corrected chi connectivity index (χ3v) is 5.27. The number of hydrogen-bond donors (Lipinski definition) is 0. The van der Waals surface area contributed by atoms with Crippen molar-refractivity contribution in [3.63, 3.8) is 0 Å². The Morgan fingerprint density at radius 3 is 3.05 bits per heavy atom. The van der Waals surface area contributed by atoms with Crippen LogP contribution in [-0.2, 0) is 16.1 Å². The monoisotopic (exact) mass is 295 g/mol. The lowest BCUT2D eigenvalue weighted by molar-refractivity contribution is -0.135. The van der Waals surface area contributed by atoms with Crippen molar-refractivity contribution in [1.82, 2.24) is 14.8 Å². The number of likely N-dealkylation sites (tertiary alicyclic amines) is 1. The van der Waals surface area contributed by atoms with Gasteiger partial charge >= 0.3 is 0 Å². The zero-order valence-corrected chi connectivity index (χ0v) is 13.0. The summed E-state index contributed by atoms with van der Waals surface area (Å²) in [6.07, 6.45) is 1.10. The van der Waals surface area contributed by atoms with Gasteiger partial charge < -0.3 is 9.64 Å². The maximum atomic E-state index is 12.3. The highest BCUT2D eigenvalue weighted by Crippen LogP contribution is 2.35. The first-order chi connectivity index (χ1) is 9.58. The van der Waals surface area contributed by atoms with Crippen LogP contribution in [0.25, 0.3) is 0 Å². The van der Waals surface area contributed by atoms with Gasteiger partial charge in [0.05, 0.1) is 23.2 Å². The van der Waals surface area contributed by atoms with Gasteiger partial charge in [-0.3, -0.25) is 9.69 Å². The Hall–Kier alpha value is -0.980. The molecular formula is C14H21N3O2S. The first-order valence-electron chi connectivity index (χ1n) is 7.03. The van der Waals surface area contributed by atoms with Gasteiger partial charge in [0, 0.05) is 44.7 Å². The summed E-state index contributed by atoms with van der Waals surface area (Å²) >= 11 is 1.70. The van der Waals surface area contributed by atoms with E-state index in [1.165, 1.54) is 4.88 Å². The lowest BCUT2D eigenvalue weighted by Gasteiger charge is -2.21. The molecule has 3 rings (SSSR count). The van der Waals surface area contributed by atoms with Crippen molar-refractivity contribution in [3.8, 4) is 0 Å². The van der Waals surface area contributed by atoms with Crippen LogP contribution in [-0.4, -0.2) is 60.1 Å². The first-order valence-corrected chi connectivity index (χ1v) is 7.91. The molecule has 1 aromatic heterocycles. The van der Waals surface area contributed by atoms with Crippen LogP contribution >= 0.6 is 11.3 Å². The van der Waals surface area contributed by atoms with Gasteiger partial charge in [0.2, 0.25) is 5.91 Å². The predicted molar refractivity (Wildman–Crippen MR) is 77.6 cm³/mol. The van der Waals surface area contributed by atoms with Gasteiger partial charge in [-0.2, -0.15) is 0 Å². The van der Waals surface area contributed by atoms with E-state index < -0.39 is 0 Å². The maximum Gasteiger partial charge on any atom is 0.229 e. The Bertz CT molecular complexity index is 502. The van der Waals surface area contributed by atoms with E-state index in [1.54, 1.807) is 16.2 Å². The van der Waals surface area contributed by atoms with Crippen LogP contribution in [0.3, 0.4) is 0 Å². The lowest BCUT2D eigenvalue weighted by Crippen LogP contribution is -2.37. The van der Waals surface area contributed by atoms with Gasteiger partial charge in [0.1, 0.15) is 0 Å². The number of carbonyl (C=O) groups excluding carboxylic acids is 1. The number of carbonyl (C=O) groups is 1. The van der Waals surface area contributed by atoms with E-state index in [2.05, 4.69) is 9.88 Å². The average molecular weight is 295 g/mol. The van der Waals surface area contributed by atoms with Crippen molar-refractivity contribution >= 4 is 17.2 Å². The van der Waals surface area contributed by atoms with Gasteiger partial charge in [0.25, 0.3) is 0 Å². The largest absolute Gasteiger partial charge is 0.376 e. The molecule has 0 bridgehead atoms. The molecule has 2 aliphatic rings. The molecule has 0 spiro atoms. The SMILES string of the molecule is Cc1ncsc1CN1C[C@@H](C(=O)N(C)C)[C@@H]2OCC[C@@H]21. The number of nitrogens with zero attached hydrogens (tertiary/aromatic N) is 3. The fraction of sp³-hybridized carbons (Fsp3) is 0.714. The van der Waals surface area contributed by atoms with Crippen molar-refractivity contribution in [2.24, 2.45) is 5.92 Å². The number of aromatic nitrogens is 1. The first kappa shape index (κ1) is 14.0. The zero-order valence-electron chi connectivity index (χ0n) is 12.2. The second-order valence-corrected chi connectivity index (χ2v) is 6.76. The Kier molecular flexibility index (Phi) is 3.79. The van der Waals surface area contributed by atoms with E-state index in [4.69, 9.17) is 4.74 Å². The van der Waals surface area contributed by atoms with Gasteiger partial charge in [-0.15, -0.1) is 11.3 Å². The Labute approximate surface area is 123 Å². The van der Waals surface area contributed by atoms with E-state index in [0.717, 1.165) is 31.8 Å². The van der Waals surface area contributed by atoms with Gasteiger partial charge in [0.15, 0.2) is 0 Å². The average Bonchev–Trinajstić information content (AvgIpc) is 3.08. The fourth-order valence-electron chi connectivity index (χ4n) is 3.26. The summed E-state index contributed by atoms with van der Waals surface area (Å²) in [4.78, 5) is 22.0. The molecular weight excluding hydrogens is 274 g/mol. The summed E-state index contributed by atoms with van der Waals surface area (Å²) in [6.45, 7) is 4.50. The summed E-state index contributed by atoms with van der Waals surface area (Å²) in [5.41, 5.74) is 3.00. The molecule has 0 radical (unpaired) electrons. The molecule has 2 saturated heterocycles. The minimum absolute atomic E-state index is 0.0225. The summed E-state index contributed by atoms with van der Waals surface area (Å²) in [6, 6.07) is 0.380. The number of rotatable bonds is 3. The van der Waals surface area contributed by atoms with Crippen LogP contribution in [0.2, 0.25) is 0 Å². The summed E-state index contributed by atoms with van der Waals surface area (Å²) in [5.74, 6) is 0.163. The van der Waals surface area contributed by atoms with Crippen molar-refractivity contribution in [3.05, 3.63) is 16.1 Å². The Balaban J connectivity index is 1.76. The third kappa shape index (κ3) is 2.36. The van der Waals surface area contributed by atoms with Crippen molar-refractivity contribution < 1.29 is 9.53 Å². The molecule has 5 nitrogen and oxygen atoms in total. The number of fused-ring (bicyclic) bond motifs is 1. The molecule has 20 heavy (non-hydrogen) atoms. The molecule has 3 atom stereocenters. The third-order valence-electron chi connectivity index (χ3n) is 4.35. The lowest BCUT2D eigenvalue weighted by atomic mass is 10.0. The van der Waals surface area contributed by atoms with E-state index in [1.807, 2.05) is 26.5 Å². The molecule has 6 heteroatoms. The summed E-state index contributed by atoms with van der Waals surface area (Å²) < 4.78 is 5.84. The van der Waals surface area contributed by atoms with Crippen LogP contribution < -0.4 is 0 Å². The van der Waals surface area contributed by atoms with Crippen LogP contribution in [0.5, 0.6) is 0 Å². The molecule has 1 amide bonds. The standard InChI is InChI=1S/C14H21N3O2S/c1-9-12(20-8-15-9)7-17-6-10(14(18)16(2)3)13-11(17)4-5-19-13/h8,10-11,13H,4-7H2,1-3H3/t10-,11+,13+/m1/s1.